The number of hydrogen-bond acceptors (Lipinski definition) is 4. The number of aromatic nitrogens is 1. The summed E-state index contributed by atoms with van der Waals surface area (Å²) in [5.74, 6) is -1.52. The summed E-state index contributed by atoms with van der Waals surface area (Å²) in [7, 11) is 0. The number of carboxylic acids is 1. The van der Waals surface area contributed by atoms with Crippen LogP contribution in [-0.4, -0.2) is 34.8 Å². The van der Waals surface area contributed by atoms with Crippen molar-refractivity contribution in [2.45, 2.75) is 38.3 Å². The fourth-order valence-electron chi connectivity index (χ4n) is 4.94. The maximum atomic E-state index is 15.1. The normalized spacial score (nSPS) is 29.1. The summed E-state index contributed by atoms with van der Waals surface area (Å²) in [5.41, 5.74) is 5.77. The molecule has 0 spiro atoms. The third-order valence-corrected chi connectivity index (χ3v) is 7.32. The molecule has 2 saturated carbocycles. The van der Waals surface area contributed by atoms with Gasteiger partial charge in [0.2, 0.25) is 5.43 Å². The van der Waals surface area contributed by atoms with Gasteiger partial charge in [0, 0.05) is 36.8 Å². The molecule has 1 aromatic heterocycles. The van der Waals surface area contributed by atoms with Gasteiger partial charge in [0.05, 0.1) is 21.6 Å². The van der Waals surface area contributed by atoms with Crippen LogP contribution in [0.5, 0.6) is 0 Å². The van der Waals surface area contributed by atoms with Gasteiger partial charge in [-0.15, -0.1) is 0 Å². The first kappa shape index (κ1) is 17.9. The molecule has 3 fully saturated rings. The minimum Gasteiger partial charge on any atom is -0.477 e. The van der Waals surface area contributed by atoms with Crippen molar-refractivity contribution < 1.29 is 14.3 Å². The smallest absolute Gasteiger partial charge is 0.341 e. The summed E-state index contributed by atoms with van der Waals surface area (Å²) in [6.07, 6.45) is 4.01. The SMILES string of the molecule is C[C@@]12CN(c3c(F)cc4c(=O)c(C(=O)O)cn(C5CC5)c4c3Cl)C[C@@H]1C[C@@H]2N. The molecule has 1 aromatic carbocycles. The van der Waals surface area contributed by atoms with Crippen LogP contribution in [0, 0.1) is 17.2 Å². The number of benzene rings is 1. The van der Waals surface area contributed by atoms with Crippen molar-refractivity contribution in [3.63, 3.8) is 0 Å². The first-order chi connectivity index (χ1) is 13.2. The number of fused-ring (bicyclic) bond motifs is 2. The second kappa shape index (κ2) is 5.70. The van der Waals surface area contributed by atoms with Gasteiger partial charge in [0.1, 0.15) is 11.4 Å². The van der Waals surface area contributed by atoms with Crippen LogP contribution in [0.15, 0.2) is 17.1 Å². The monoisotopic (exact) mass is 405 g/mol. The second-order valence-corrected chi connectivity index (χ2v) is 9.04. The van der Waals surface area contributed by atoms with Crippen LogP contribution in [0.2, 0.25) is 5.02 Å². The van der Waals surface area contributed by atoms with Crippen LogP contribution in [0.4, 0.5) is 10.1 Å². The molecular weight excluding hydrogens is 385 g/mol. The van der Waals surface area contributed by atoms with E-state index in [1.807, 2.05) is 4.90 Å². The molecule has 5 rings (SSSR count). The summed E-state index contributed by atoms with van der Waals surface area (Å²) in [6, 6.07) is 1.32. The van der Waals surface area contributed by atoms with Gasteiger partial charge >= 0.3 is 5.97 Å². The minimum absolute atomic E-state index is 0.0168. The number of nitrogens with two attached hydrogens (primary N) is 1. The lowest BCUT2D eigenvalue weighted by Crippen LogP contribution is -2.55. The lowest BCUT2D eigenvalue weighted by atomic mass is 9.60. The third-order valence-electron chi connectivity index (χ3n) is 6.96. The van der Waals surface area contributed by atoms with E-state index < -0.39 is 17.2 Å². The van der Waals surface area contributed by atoms with Crippen molar-refractivity contribution in [2.24, 2.45) is 17.1 Å². The molecule has 2 aliphatic carbocycles. The number of nitrogens with zero attached hydrogens (tertiary/aromatic N) is 2. The van der Waals surface area contributed by atoms with Crippen LogP contribution >= 0.6 is 11.6 Å². The molecule has 2 aromatic rings. The van der Waals surface area contributed by atoms with Gasteiger partial charge < -0.3 is 20.3 Å². The molecule has 0 radical (unpaired) electrons. The molecule has 1 aliphatic heterocycles. The van der Waals surface area contributed by atoms with E-state index in [1.165, 1.54) is 6.20 Å². The zero-order valence-electron chi connectivity index (χ0n) is 15.4. The van der Waals surface area contributed by atoms with E-state index in [0.29, 0.717) is 24.5 Å². The van der Waals surface area contributed by atoms with Crippen LogP contribution < -0.4 is 16.1 Å². The topological polar surface area (TPSA) is 88.6 Å². The quantitative estimate of drug-likeness (QED) is 0.819. The zero-order valence-corrected chi connectivity index (χ0v) is 16.2. The van der Waals surface area contributed by atoms with Crippen LogP contribution in [-0.2, 0) is 0 Å². The van der Waals surface area contributed by atoms with Crippen LogP contribution in [0.25, 0.3) is 10.9 Å². The van der Waals surface area contributed by atoms with E-state index in [2.05, 4.69) is 6.92 Å². The Morgan fingerprint density at radius 3 is 2.71 bits per heavy atom. The predicted octanol–water partition coefficient (Wildman–Crippen LogP) is 3.00. The third kappa shape index (κ3) is 2.29. The van der Waals surface area contributed by atoms with Crippen molar-refractivity contribution in [3.8, 4) is 0 Å². The zero-order chi connectivity index (χ0) is 20.0. The average Bonchev–Trinajstić information content (AvgIpc) is 3.43. The molecule has 0 bridgehead atoms. The molecule has 3 atom stereocenters. The molecule has 2 heterocycles. The Hall–Kier alpha value is -2.12. The Bertz CT molecular complexity index is 1100. The van der Waals surface area contributed by atoms with E-state index >= 15 is 4.39 Å². The van der Waals surface area contributed by atoms with E-state index in [9.17, 15) is 14.7 Å². The highest BCUT2D eigenvalue weighted by Crippen LogP contribution is 2.53. The Labute approximate surface area is 165 Å². The Morgan fingerprint density at radius 2 is 2.14 bits per heavy atom. The maximum Gasteiger partial charge on any atom is 0.341 e. The molecular formula is C20H21ClFN3O3. The highest BCUT2D eigenvalue weighted by atomic mass is 35.5. The summed E-state index contributed by atoms with van der Waals surface area (Å²) >= 11 is 6.69. The Kier molecular flexibility index (Phi) is 3.65. The number of carbonyl (C=O) groups is 1. The second-order valence-electron chi connectivity index (χ2n) is 8.66. The largest absolute Gasteiger partial charge is 0.477 e. The van der Waals surface area contributed by atoms with Gasteiger partial charge in [-0.3, -0.25) is 4.79 Å². The molecule has 0 unspecified atom stereocenters. The molecule has 3 aliphatic rings. The maximum absolute atomic E-state index is 15.1. The number of anilines is 1. The van der Waals surface area contributed by atoms with Crippen molar-refractivity contribution in [1.82, 2.24) is 4.57 Å². The molecule has 1 saturated heterocycles. The standard InChI is InChI=1S/C20H21ClFN3O3/c1-20-8-24(6-9(20)4-14(20)23)17-13(22)5-11-16(15(17)21)25(10-2-3-10)7-12(18(11)26)19(27)28/h5,7,9-10,14H,2-4,6,8,23H2,1H3,(H,27,28)/t9-,14-,20+/m0/s1. The van der Waals surface area contributed by atoms with Gasteiger partial charge in [0.25, 0.3) is 0 Å². The lowest BCUT2D eigenvalue weighted by Gasteiger charge is -2.47. The van der Waals surface area contributed by atoms with Crippen LogP contribution in [0.1, 0.15) is 42.6 Å². The van der Waals surface area contributed by atoms with Crippen molar-refractivity contribution in [2.75, 3.05) is 18.0 Å². The number of hydrogen-bond donors (Lipinski definition) is 2. The predicted molar refractivity (Wildman–Crippen MR) is 105 cm³/mol. The van der Waals surface area contributed by atoms with E-state index in [-0.39, 0.29) is 39.2 Å². The molecule has 148 valence electrons. The number of aromatic carboxylic acids is 1. The molecule has 28 heavy (non-hydrogen) atoms. The van der Waals surface area contributed by atoms with Gasteiger partial charge in [0.15, 0.2) is 0 Å². The summed E-state index contributed by atoms with van der Waals surface area (Å²) in [5, 5.41) is 9.57. The molecule has 3 N–H and O–H groups in total. The first-order valence-electron chi connectivity index (χ1n) is 9.53. The summed E-state index contributed by atoms with van der Waals surface area (Å²) < 4.78 is 16.9. The van der Waals surface area contributed by atoms with Gasteiger partial charge in [-0.25, -0.2) is 9.18 Å². The Morgan fingerprint density at radius 1 is 1.43 bits per heavy atom. The van der Waals surface area contributed by atoms with E-state index in [4.69, 9.17) is 17.3 Å². The lowest BCUT2D eigenvalue weighted by molar-refractivity contribution is 0.0695. The fraction of sp³-hybridized carbons (Fsp3) is 0.500. The fourth-order valence-corrected chi connectivity index (χ4v) is 5.35. The molecule has 8 heteroatoms. The number of pyridine rings is 1. The average molecular weight is 406 g/mol. The van der Waals surface area contributed by atoms with Gasteiger partial charge in [-0.05, 0) is 31.2 Å². The van der Waals surface area contributed by atoms with E-state index in [1.54, 1.807) is 4.57 Å². The Balaban J connectivity index is 1.73. The van der Waals surface area contributed by atoms with Gasteiger partial charge in [-0.1, -0.05) is 18.5 Å². The van der Waals surface area contributed by atoms with Crippen molar-refractivity contribution >= 4 is 34.2 Å². The minimum atomic E-state index is -1.32. The summed E-state index contributed by atoms with van der Waals surface area (Å²) in [4.78, 5) is 26.1. The van der Waals surface area contributed by atoms with Crippen molar-refractivity contribution in [3.05, 3.63) is 38.9 Å². The number of halogens is 2. The number of rotatable bonds is 3. The first-order valence-corrected chi connectivity index (χ1v) is 9.91. The van der Waals surface area contributed by atoms with Crippen molar-refractivity contribution in [1.29, 1.82) is 0 Å². The summed E-state index contributed by atoms with van der Waals surface area (Å²) in [6.45, 7) is 3.41. The number of carboxylic acid groups (broad SMARTS) is 1. The molecule has 6 nitrogen and oxygen atoms in total. The highest BCUT2D eigenvalue weighted by molar-refractivity contribution is 6.38. The van der Waals surface area contributed by atoms with Crippen LogP contribution in [0.3, 0.4) is 0 Å². The van der Waals surface area contributed by atoms with E-state index in [0.717, 1.165) is 25.3 Å². The highest BCUT2D eigenvalue weighted by Gasteiger charge is 2.55. The van der Waals surface area contributed by atoms with Gasteiger partial charge in [-0.2, -0.15) is 0 Å². The molecule has 0 amide bonds.